The number of amides is 2. The first-order valence-corrected chi connectivity index (χ1v) is 5.43. The van der Waals surface area contributed by atoms with Crippen molar-refractivity contribution in [3.05, 3.63) is 0 Å². The van der Waals surface area contributed by atoms with Crippen LogP contribution in [0.2, 0.25) is 0 Å². The molecule has 0 aromatic carbocycles. The molecule has 0 bridgehead atoms. The van der Waals surface area contributed by atoms with Gasteiger partial charge in [-0.15, -0.1) is 0 Å². The monoisotopic (exact) mass is 231 g/mol. The van der Waals surface area contributed by atoms with Crippen LogP contribution in [0.3, 0.4) is 0 Å². The predicted molar refractivity (Wildman–Crippen MR) is 61.1 cm³/mol. The molecule has 0 saturated carbocycles. The van der Waals surface area contributed by atoms with Crippen LogP contribution >= 0.6 is 0 Å². The van der Waals surface area contributed by atoms with Gasteiger partial charge in [0.05, 0.1) is 6.42 Å². The van der Waals surface area contributed by atoms with Crippen molar-refractivity contribution in [2.24, 2.45) is 11.7 Å². The first-order valence-electron chi connectivity index (χ1n) is 5.43. The van der Waals surface area contributed by atoms with Crippen LogP contribution in [0.25, 0.3) is 0 Å². The molecule has 0 heterocycles. The average Bonchev–Trinajstić information content (AvgIpc) is 2.16. The van der Waals surface area contributed by atoms with Gasteiger partial charge in [-0.1, -0.05) is 13.8 Å². The third-order valence-corrected chi connectivity index (χ3v) is 2.18. The fraction of sp³-hybridized carbons (Fsp3) is 0.800. The number of nitrogens with one attached hydrogen (secondary N) is 2. The summed E-state index contributed by atoms with van der Waals surface area (Å²) in [7, 11) is 0. The summed E-state index contributed by atoms with van der Waals surface area (Å²) >= 11 is 0. The van der Waals surface area contributed by atoms with Crippen molar-refractivity contribution in [3.8, 4) is 0 Å². The largest absolute Gasteiger partial charge is 0.481 e. The van der Waals surface area contributed by atoms with E-state index in [2.05, 4.69) is 10.6 Å². The lowest BCUT2D eigenvalue weighted by Gasteiger charge is -2.20. The maximum atomic E-state index is 11.4. The highest BCUT2D eigenvalue weighted by Gasteiger charge is 2.18. The molecule has 6 nitrogen and oxygen atoms in total. The van der Waals surface area contributed by atoms with Crippen LogP contribution in [0.15, 0.2) is 0 Å². The second-order valence-corrected chi connectivity index (χ2v) is 3.99. The van der Waals surface area contributed by atoms with E-state index >= 15 is 0 Å². The van der Waals surface area contributed by atoms with Gasteiger partial charge < -0.3 is 21.5 Å². The first-order chi connectivity index (χ1) is 7.47. The lowest BCUT2D eigenvalue weighted by Crippen LogP contribution is -2.45. The molecule has 0 saturated heterocycles. The van der Waals surface area contributed by atoms with Gasteiger partial charge in [-0.2, -0.15) is 0 Å². The fourth-order valence-electron chi connectivity index (χ4n) is 1.16. The van der Waals surface area contributed by atoms with Crippen LogP contribution in [0.5, 0.6) is 0 Å². The van der Waals surface area contributed by atoms with Crippen molar-refractivity contribution in [1.29, 1.82) is 0 Å². The van der Waals surface area contributed by atoms with Crippen molar-refractivity contribution >= 4 is 12.0 Å². The average molecular weight is 231 g/mol. The molecule has 0 aromatic rings. The normalized spacial score (nSPS) is 12.2. The Morgan fingerprint density at radius 3 is 2.44 bits per heavy atom. The second-order valence-electron chi connectivity index (χ2n) is 3.99. The SMILES string of the molecule is CC(C)C(CC(=O)O)NC(=O)NCCCN. The number of carbonyl (C=O) groups excluding carboxylic acids is 1. The van der Waals surface area contributed by atoms with E-state index in [0.717, 1.165) is 0 Å². The molecule has 6 heteroatoms. The van der Waals surface area contributed by atoms with Crippen molar-refractivity contribution in [2.75, 3.05) is 13.1 Å². The van der Waals surface area contributed by atoms with Gasteiger partial charge in [0.15, 0.2) is 0 Å². The molecule has 0 aliphatic heterocycles. The van der Waals surface area contributed by atoms with E-state index in [1.54, 1.807) is 0 Å². The number of aliphatic carboxylic acids is 1. The van der Waals surface area contributed by atoms with Crippen molar-refractivity contribution in [1.82, 2.24) is 10.6 Å². The molecule has 0 aromatic heterocycles. The van der Waals surface area contributed by atoms with Gasteiger partial charge in [-0.3, -0.25) is 4.79 Å². The van der Waals surface area contributed by atoms with Crippen molar-refractivity contribution < 1.29 is 14.7 Å². The van der Waals surface area contributed by atoms with Gasteiger partial charge >= 0.3 is 12.0 Å². The van der Waals surface area contributed by atoms with E-state index in [9.17, 15) is 9.59 Å². The molecule has 1 atom stereocenters. The summed E-state index contributed by atoms with van der Waals surface area (Å²) in [6.45, 7) is 4.75. The fourth-order valence-corrected chi connectivity index (χ4v) is 1.16. The number of hydrogen-bond acceptors (Lipinski definition) is 3. The molecule has 94 valence electrons. The topological polar surface area (TPSA) is 104 Å². The molecule has 0 spiro atoms. The summed E-state index contributed by atoms with van der Waals surface area (Å²) in [6, 6.07) is -0.691. The van der Waals surface area contributed by atoms with Gasteiger partial charge in [0, 0.05) is 12.6 Å². The number of nitrogens with two attached hydrogens (primary N) is 1. The van der Waals surface area contributed by atoms with Crippen LogP contribution in [0.4, 0.5) is 4.79 Å². The molecule has 2 amide bonds. The Morgan fingerprint density at radius 2 is 2.00 bits per heavy atom. The number of carboxylic acid groups (broad SMARTS) is 1. The smallest absolute Gasteiger partial charge is 0.315 e. The molecule has 0 rings (SSSR count). The predicted octanol–water partition coefficient (Wildman–Crippen LogP) is 0.134. The van der Waals surface area contributed by atoms with Crippen LogP contribution in [0.1, 0.15) is 26.7 Å². The first kappa shape index (κ1) is 14.7. The third kappa shape index (κ3) is 7.05. The van der Waals surface area contributed by atoms with E-state index in [4.69, 9.17) is 10.8 Å². The van der Waals surface area contributed by atoms with E-state index in [1.807, 2.05) is 13.8 Å². The third-order valence-electron chi connectivity index (χ3n) is 2.18. The van der Waals surface area contributed by atoms with E-state index in [-0.39, 0.29) is 24.4 Å². The maximum absolute atomic E-state index is 11.4. The Labute approximate surface area is 95.6 Å². The Bertz CT molecular complexity index is 231. The zero-order valence-corrected chi connectivity index (χ0v) is 9.82. The number of hydrogen-bond donors (Lipinski definition) is 4. The minimum atomic E-state index is -0.916. The molecule has 0 fully saturated rings. The summed E-state index contributed by atoms with van der Waals surface area (Å²) in [5, 5.41) is 13.9. The van der Waals surface area contributed by atoms with Gasteiger partial charge in [-0.05, 0) is 18.9 Å². The number of rotatable bonds is 7. The standard InChI is InChI=1S/C10H21N3O3/c1-7(2)8(6-9(14)15)13-10(16)12-5-3-4-11/h7-8H,3-6,11H2,1-2H3,(H,14,15)(H2,12,13,16). The van der Waals surface area contributed by atoms with Gasteiger partial charge in [-0.25, -0.2) is 4.79 Å². The van der Waals surface area contributed by atoms with Crippen LogP contribution in [-0.4, -0.2) is 36.2 Å². The molecular weight excluding hydrogens is 210 g/mol. The van der Waals surface area contributed by atoms with E-state index in [1.165, 1.54) is 0 Å². The quantitative estimate of drug-likeness (QED) is 0.467. The van der Waals surface area contributed by atoms with Crippen LogP contribution < -0.4 is 16.4 Å². The molecule has 0 aliphatic rings. The summed E-state index contributed by atoms with van der Waals surface area (Å²) in [6.07, 6.45) is 0.640. The van der Waals surface area contributed by atoms with Gasteiger partial charge in [0.1, 0.15) is 0 Å². The minimum Gasteiger partial charge on any atom is -0.481 e. The molecule has 5 N–H and O–H groups in total. The second kappa shape index (κ2) is 7.92. The summed E-state index contributed by atoms with van der Waals surface area (Å²) in [5.41, 5.74) is 5.28. The molecular formula is C10H21N3O3. The van der Waals surface area contributed by atoms with Gasteiger partial charge in [0.25, 0.3) is 0 Å². The summed E-state index contributed by atoms with van der Waals surface area (Å²) in [5.74, 6) is -0.836. The molecule has 0 aliphatic carbocycles. The highest BCUT2D eigenvalue weighted by molar-refractivity contribution is 5.75. The minimum absolute atomic E-state index is 0.0675. The lowest BCUT2D eigenvalue weighted by atomic mass is 10.0. The number of carbonyl (C=O) groups is 2. The summed E-state index contributed by atoms with van der Waals surface area (Å²) in [4.78, 5) is 21.9. The maximum Gasteiger partial charge on any atom is 0.315 e. The Hall–Kier alpha value is -1.30. The zero-order valence-electron chi connectivity index (χ0n) is 9.82. The Balaban J connectivity index is 3.98. The molecule has 1 unspecified atom stereocenters. The van der Waals surface area contributed by atoms with E-state index < -0.39 is 5.97 Å². The van der Waals surface area contributed by atoms with Crippen molar-refractivity contribution in [3.63, 3.8) is 0 Å². The highest BCUT2D eigenvalue weighted by atomic mass is 16.4. The molecule has 0 radical (unpaired) electrons. The van der Waals surface area contributed by atoms with Crippen molar-refractivity contribution in [2.45, 2.75) is 32.7 Å². The Kier molecular flexibility index (Phi) is 7.28. The Morgan fingerprint density at radius 1 is 1.38 bits per heavy atom. The number of urea groups is 1. The highest BCUT2D eigenvalue weighted by Crippen LogP contribution is 2.05. The van der Waals surface area contributed by atoms with Crippen LogP contribution in [-0.2, 0) is 4.79 Å². The summed E-state index contributed by atoms with van der Waals surface area (Å²) < 4.78 is 0. The van der Waals surface area contributed by atoms with E-state index in [0.29, 0.717) is 19.5 Å². The van der Waals surface area contributed by atoms with Crippen LogP contribution in [0, 0.1) is 5.92 Å². The molecule has 16 heavy (non-hydrogen) atoms. The van der Waals surface area contributed by atoms with Gasteiger partial charge in [0.2, 0.25) is 0 Å². The lowest BCUT2D eigenvalue weighted by molar-refractivity contribution is -0.137. The zero-order chi connectivity index (χ0) is 12.6. The number of carboxylic acids is 1.